The average molecular weight is 205 g/mol. The molecule has 1 rings (SSSR count). The minimum Gasteiger partial charge on any atom is -0.395 e. The number of aryl methyl sites for hydroxylation is 1. The Morgan fingerprint density at radius 1 is 1.53 bits per heavy atom. The lowest BCUT2D eigenvalue weighted by Crippen LogP contribution is -2.24. The Labute approximate surface area is 89.4 Å². The fraction of sp³-hybridized carbons (Fsp3) is 0.250. The molecule has 0 unspecified atom stereocenters. The number of rotatable bonds is 4. The van der Waals surface area contributed by atoms with Crippen LogP contribution in [0.5, 0.6) is 0 Å². The maximum Gasteiger partial charge on any atom is 0.244 e. The van der Waals surface area contributed by atoms with E-state index in [4.69, 9.17) is 5.11 Å². The largest absolute Gasteiger partial charge is 0.395 e. The van der Waals surface area contributed by atoms with E-state index in [-0.39, 0.29) is 19.1 Å². The lowest BCUT2D eigenvalue weighted by molar-refractivity contribution is -0.116. The highest BCUT2D eigenvalue weighted by Gasteiger charge is 1.93. The van der Waals surface area contributed by atoms with E-state index in [9.17, 15) is 4.79 Å². The van der Waals surface area contributed by atoms with E-state index in [1.54, 1.807) is 6.08 Å². The zero-order valence-corrected chi connectivity index (χ0v) is 8.73. The summed E-state index contributed by atoms with van der Waals surface area (Å²) in [6, 6.07) is 7.88. The molecule has 15 heavy (non-hydrogen) atoms. The Morgan fingerprint density at radius 2 is 2.33 bits per heavy atom. The third-order valence-electron chi connectivity index (χ3n) is 1.88. The van der Waals surface area contributed by atoms with Gasteiger partial charge in [-0.25, -0.2) is 0 Å². The van der Waals surface area contributed by atoms with Gasteiger partial charge < -0.3 is 10.4 Å². The maximum atomic E-state index is 11.2. The van der Waals surface area contributed by atoms with E-state index >= 15 is 0 Å². The third kappa shape index (κ3) is 4.42. The predicted octanol–water partition coefficient (Wildman–Crippen LogP) is 1.12. The molecule has 0 saturated carbocycles. The summed E-state index contributed by atoms with van der Waals surface area (Å²) in [5.41, 5.74) is 2.15. The quantitative estimate of drug-likeness (QED) is 0.724. The van der Waals surface area contributed by atoms with Crippen molar-refractivity contribution in [3.63, 3.8) is 0 Å². The normalized spacial score (nSPS) is 10.5. The minimum absolute atomic E-state index is 0.0377. The van der Waals surface area contributed by atoms with Crippen LogP contribution in [-0.4, -0.2) is 24.2 Å². The van der Waals surface area contributed by atoms with Crippen molar-refractivity contribution in [2.75, 3.05) is 13.2 Å². The van der Waals surface area contributed by atoms with E-state index < -0.39 is 0 Å². The number of carbonyl (C=O) groups is 1. The van der Waals surface area contributed by atoms with Gasteiger partial charge in [0.15, 0.2) is 0 Å². The molecule has 0 aromatic heterocycles. The minimum atomic E-state index is -0.189. The van der Waals surface area contributed by atoms with Crippen molar-refractivity contribution in [1.82, 2.24) is 5.32 Å². The standard InChI is InChI=1S/C12H15NO2/c1-10-3-2-4-11(9-10)5-6-12(15)13-7-8-14/h2-6,9,14H,7-8H2,1H3,(H,13,15)/b6-5+. The van der Waals surface area contributed by atoms with Gasteiger partial charge in [-0.05, 0) is 18.6 Å². The zero-order chi connectivity index (χ0) is 11.1. The summed E-state index contributed by atoms with van der Waals surface area (Å²) < 4.78 is 0. The second kappa shape index (κ2) is 5.98. The van der Waals surface area contributed by atoms with Gasteiger partial charge in [-0.15, -0.1) is 0 Å². The summed E-state index contributed by atoms with van der Waals surface area (Å²) in [6.45, 7) is 2.25. The van der Waals surface area contributed by atoms with Crippen molar-refractivity contribution in [1.29, 1.82) is 0 Å². The second-order valence-electron chi connectivity index (χ2n) is 3.26. The van der Waals surface area contributed by atoms with E-state index in [1.165, 1.54) is 6.08 Å². The highest BCUT2D eigenvalue weighted by atomic mass is 16.3. The Hall–Kier alpha value is -1.61. The average Bonchev–Trinajstić information content (AvgIpc) is 2.23. The number of nitrogens with one attached hydrogen (secondary N) is 1. The summed E-state index contributed by atoms with van der Waals surface area (Å²) in [5, 5.41) is 11.0. The highest BCUT2D eigenvalue weighted by molar-refractivity contribution is 5.91. The molecule has 1 aromatic carbocycles. The molecule has 0 heterocycles. The first kappa shape index (κ1) is 11.5. The molecule has 80 valence electrons. The summed E-state index contributed by atoms with van der Waals surface area (Å²) in [5.74, 6) is -0.189. The van der Waals surface area contributed by atoms with Gasteiger partial charge in [0.05, 0.1) is 6.61 Å². The molecule has 0 aliphatic rings. The molecule has 0 spiro atoms. The maximum absolute atomic E-state index is 11.2. The van der Waals surface area contributed by atoms with Crippen molar-refractivity contribution in [3.8, 4) is 0 Å². The van der Waals surface area contributed by atoms with Gasteiger partial charge in [-0.2, -0.15) is 0 Å². The summed E-state index contributed by atoms with van der Waals surface area (Å²) >= 11 is 0. The molecule has 0 saturated heterocycles. The van der Waals surface area contributed by atoms with Gasteiger partial charge in [0, 0.05) is 12.6 Å². The monoisotopic (exact) mass is 205 g/mol. The Balaban J connectivity index is 2.53. The number of aliphatic hydroxyl groups excluding tert-OH is 1. The summed E-state index contributed by atoms with van der Waals surface area (Å²) in [4.78, 5) is 11.2. The molecule has 2 N–H and O–H groups in total. The lowest BCUT2D eigenvalue weighted by Gasteiger charge is -1.98. The summed E-state index contributed by atoms with van der Waals surface area (Å²) in [6.07, 6.45) is 3.21. The van der Waals surface area contributed by atoms with Crippen LogP contribution in [0.3, 0.4) is 0 Å². The van der Waals surface area contributed by atoms with Gasteiger partial charge >= 0.3 is 0 Å². The molecule has 0 bridgehead atoms. The van der Waals surface area contributed by atoms with E-state index in [0.717, 1.165) is 11.1 Å². The molecule has 0 aliphatic heterocycles. The van der Waals surface area contributed by atoms with Crippen molar-refractivity contribution in [3.05, 3.63) is 41.5 Å². The molecule has 1 amide bonds. The fourth-order valence-electron chi connectivity index (χ4n) is 1.18. The number of carbonyl (C=O) groups excluding carboxylic acids is 1. The Bertz CT molecular complexity index is 358. The van der Waals surface area contributed by atoms with Gasteiger partial charge in [-0.3, -0.25) is 4.79 Å². The van der Waals surface area contributed by atoms with Gasteiger partial charge in [0.2, 0.25) is 5.91 Å². The first-order valence-corrected chi connectivity index (χ1v) is 4.86. The second-order valence-corrected chi connectivity index (χ2v) is 3.26. The first-order chi connectivity index (χ1) is 7.22. The number of hydrogen-bond acceptors (Lipinski definition) is 2. The van der Waals surface area contributed by atoms with Crippen molar-refractivity contribution < 1.29 is 9.90 Å². The molecule has 3 nitrogen and oxygen atoms in total. The van der Waals surface area contributed by atoms with E-state index in [2.05, 4.69) is 5.32 Å². The van der Waals surface area contributed by atoms with E-state index in [1.807, 2.05) is 31.2 Å². The van der Waals surface area contributed by atoms with Crippen molar-refractivity contribution in [2.45, 2.75) is 6.92 Å². The van der Waals surface area contributed by atoms with Crippen LogP contribution in [0, 0.1) is 6.92 Å². The van der Waals surface area contributed by atoms with Crippen LogP contribution in [0.25, 0.3) is 6.08 Å². The van der Waals surface area contributed by atoms with Crippen molar-refractivity contribution in [2.24, 2.45) is 0 Å². The SMILES string of the molecule is Cc1cccc(/C=C/C(=O)NCCO)c1. The molecule has 0 fully saturated rings. The molecule has 0 aliphatic carbocycles. The van der Waals surface area contributed by atoms with Crippen LogP contribution >= 0.6 is 0 Å². The topological polar surface area (TPSA) is 49.3 Å². The Morgan fingerprint density at radius 3 is 3.00 bits per heavy atom. The van der Waals surface area contributed by atoms with Crippen LogP contribution in [0.4, 0.5) is 0 Å². The van der Waals surface area contributed by atoms with Crippen LogP contribution in [0.1, 0.15) is 11.1 Å². The molecule has 0 radical (unpaired) electrons. The zero-order valence-electron chi connectivity index (χ0n) is 8.73. The molecule has 3 heteroatoms. The third-order valence-corrected chi connectivity index (χ3v) is 1.88. The number of hydrogen-bond donors (Lipinski definition) is 2. The smallest absolute Gasteiger partial charge is 0.244 e. The highest BCUT2D eigenvalue weighted by Crippen LogP contribution is 2.05. The molecular weight excluding hydrogens is 190 g/mol. The number of aliphatic hydroxyl groups is 1. The molecule has 0 atom stereocenters. The molecular formula is C12H15NO2. The van der Waals surface area contributed by atoms with Gasteiger partial charge in [-0.1, -0.05) is 29.8 Å². The summed E-state index contributed by atoms with van der Waals surface area (Å²) in [7, 11) is 0. The van der Waals surface area contributed by atoms with Crippen LogP contribution in [0.15, 0.2) is 30.3 Å². The van der Waals surface area contributed by atoms with E-state index in [0.29, 0.717) is 0 Å². The van der Waals surface area contributed by atoms with Crippen LogP contribution in [0.2, 0.25) is 0 Å². The van der Waals surface area contributed by atoms with Crippen molar-refractivity contribution >= 4 is 12.0 Å². The van der Waals surface area contributed by atoms with Crippen LogP contribution in [-0.2, 0) is 4.79 Å². The number of benzene rings is 1. The fourth-order valence-corrected chi connectivity index (χ4v) is 1.18. The molecule has 1 aromatic rings. The first-order valence-electron chi connectivity index (χ1n) is 4.86. The Kier molecular flexibility index (Phi) is 4.57. The van der Waals surface area contributed by atoms with Gasteiger partial charge in [0.1, 0.15) is 0 Å². The number of amides is 1. The predicted molar refractivity (Wildman–Crippen MR) is 60.3 cm³/mol. The van der Waals surface area contributed by atoms with Crippen LogP contribution < -0.4 is 5.32 Å². The van der Waals surface area contributed by atoms with Gasteiger partial charge in [0.25, 0.3) is 0 Å². The lowest BCUT2D eigenvalue weighted by atomic mass is 10.1.